The van der Waals surface area contributed by atoms with Crippen molar-refractivity contribution in [2.75, 3.05) is 0 Å². The van der Waals surface area contributed by atoms with E-state index in [1.54, 1.807) is 0 Å². The van der Waals surface area contributed by atoms with Crippen LogP contribution >= 0.6 is 15.9 Å². The molecule has 0 atom stereocenters. The second-order valence-corrected chi connectivity index (χ2v) is 6.57. The van der Waals surface area contributed by atoms with Crippen LogP contribution in [-0.2, 0) is 0 Å². The highest BCUT2D eigenvalue weighted by molar-refractivity contribution is 9.10. The number of aromatic amines is 2. The van der Waals surface area contributed by atoms with Gasteiger partial charge >= 0.3 is 0 Å². The van der Waals surface area contributed by atoms with Crippen LogP contribution in [-0.4, -0.2) is 9.97 Å². The molecule has 2 heterocycles. The molecule has 2 nitrogen and oxygen atoms in total. The third kappa shape index (κ3) is 1.39. The summed E-state index contributed by atoms with van der Waals surface area (Å²) in [5.74, 6) is 0. The van der Waals surface area contributed by atoms with Gasteiger partial charge in [-0.25, -0.2) is 0 Å². The fourth-order valence-electron chi connectivity index (χ4n) is 3.60. The van der Waals surface area contributed by atoms with Crippen LogP contribution in [0.5, 0.6) is 0 Å². The smallest absolute Gasteiger partial charge is 0.0619 e. The van der Waals surface area contributed by atoms with E-state index in [1.807, 2.05) is 0 Å². The molecule has 5 rings (SSSR count). The molecule has 0 aliphatic heterocycles. The van der Waals surface area contributed by atoms with Gasteiger partial charge in [-0.2, -0.15) is 0 Å². The predicted molar refractivity (Wildman–Crippen MR) is 97.6 cm³/mol. The first kappa shape index (κ1) is 12.3. The molecule has 0 saturated carbocycles. The third-order valence-corrected chi connectivity index (χ3v) is 5.39. The van der Waals surface area contributed by atoms with Gasteiger partial charge in [0.15, 0.2) is 0 Å². The van der Waals surface area contributed by atoms with Crippen molar-refractivity contribution in [3.63, 3.8) is 0 Å². The molecule has 0 unspecified atom stereocenters. The van der Waals surface area contributed by atoms with E-state index in [-0.39, 0.29) is 0 Å². The van der Waals surface area contributed by atoms with Crippen molar-refractivity contribution in [3.05, 3.63) is 58.6 Å². The molecule has 0 amide bonds. The fourth-order valence-corrected chi connectivity index (χ4v) is 4.31. The van der Waals surface area contributed by atoms with Crippen LogP contribution in [0.15, 0.2) is 53.0 Å². The number of rotatable bonds is 0. The van der Waals surface area contributed by atoms with E-state index < -0.39 is 0 Å². The number of aryl methyl sites for hydroxylation is 1. The zero-order valence-electron chi connectivity index (χ0n) is 12.0. The molecule has 0 saturated heterocycles. The average Bonchev–Trinajstić information content (AvgIpc) is 3.12. The van der Waals surface area contributed by atoms with E-state index in [9.17, 15) is 0 Å². The normalized spacial score (nSPS) is 12.1. The summed E-state index contributed by atoms with van der Waals surface area (Å²) >= 11 is 3.84. The molecule has 3 aromatic carbocycles. The lowest BCUT2D eigenvalue weighted by molar-refractivity contribution is 1.48. The monoisotopic (exact) mass is 348 g/mol. The van der Waals surface area contributed by atoms with Crippen LogP contribution in [0.3, 0.4) is 0 Å². The lowest BCUT2D eigenvalue weighted by Gasteiger charge is -2.04. The first-order valence-electron chi connectivity index (χ1n) is 7.34. The molecule has 2 aromatic heterocycles. The van der Waals surface area contributed by atoms with E-state index >= 15 is 0 Å². The summed E-state index contributed by atoms with van der Waals surface area (Å²) in [6.07, 6.45) is 0. The van der Waals surface area contributed by atoms with Crippen molar-refractivity contribution >= 4 is 59.5 Å². The van der Waals surface area contributed by atoms with Gasteiger partial charge in [0.2, 0.25) is 0 Å². The van der Waals surface area contributed by atoms with E-state index in [4.69, 9.17) is 0 Å². The maximum atomic E-state index is 3.84. The van der Waals surface area contributed by atoms with Crippen molar-refractivity contribution in [1.82, 2.24) is 9.97 Å². The number of hydrogen-bond donors (Lipinski definition) is 2. The Bertz CT molecular complexity index is 1100. The SMILES string of the molecule is Cc1c2[nH]c3ccccc3c2c(Br)c2[nH]c3ccccc3c12. The molecule has 0 bridgehead atoms. The number of fused-ring (bicyclic) bond motifs is 6. The zero-order chi connectivity index (χ0) is 14.8. The van der Waals surface area contributed by atoms with Crippen molar-refractivity contribution in [2.45, 2.75) is 6.92 Å². The second kappa shape index (κ2) is 4.14. The molecule has 0 aliphatic carbocycles. The van der Waals surface area contributed by atoms with Gasteiger partial charge in [0.25, 0.3) is 0 Å². The Morgan fingerprint density at radius 2 is 1.27 bits per heavy atom. The number of para-hydroxylation sites is 2. The Balaban J connectivity index is 2.15. The van der Waals surface area contributed by atoms with Crippen molar-refractivity contribution in [3.8, 4) is 0 Å². The first-order valence-corrected chi connectivity index (χ1v) is 8.14. The number of halogens is 1. The molecule has 2 N–H and O–H groups in total. The number of aromatic nitrogens is 2. The molecule has 106 valence electrons. The topological polar surface area (TPSA) is 31.6 Å². The Labute approximate surface area is 135 Å². The maximum Gasteiger partial charge on any atom is 0.0619 e. The quantitative estimate of drug-likeness (QED) is 0.342. The average molecular weight is 349 g/mol. The van der Waals surface area contributed by atoms with E-state index in [1.165, 1.54) is 49.2 Å². The summed E-state index contributed by atoms with van der Waals surface area (Å²) in [6, 6.07) is 17.0. The molecular formula is C19H13BrN2. The molecular weight excluding hydrogens is 336 g/mol. The highest BCUT2D eigenvalue weighted by Crippen LogP contribution is 2.42. The van der Waals surface area contributed by atoms with Crippen LogP contribution in [0.4, 0.5) is 0 Å². The Hall–Kier alpha value is -2.26. The molecule has 0 spiro atoms. The fraction of sp³-hybridized carbons (Fsp3) is 0.0526. The minimum atomic E-state index is 1.14. The van der Waals surface area contributed by atoms with Gasteiger partial charge in [-0.1, -0.05) is 36.4 Å². The van der Waals surface area contributed by atoms with Gasteiger partial charge in [-0.05, 0) is 40.5 Å². The molecule has 5 aromatic rings. The van der Waals surface area contributed by atoms with E-state index in [0.29, 0.717) is 0 Å². The van der Waals surface area contributed by atoms with Crippen LogP contribution in [0.1, 0.15) is 5.56 Å². The van der Waals surface area contributed by atoms with Crippen LogP contribution in [0.25, 0.3) is 43.6 Å². The van der Waals surface area contributed by atoms with Crippen LogP contribution in [0, 0.1) is 6.92 Å². The molecule has 3 heteroatoms. The highest BCUT2D eigenvalue weighted by Gasteiger charge is 2.17. The van der Waals surface area contributed by atoms with Crippen molar-refractivity contribution in [2.24, 2.45) is 0 Å². The first-order chi connectivity index (χ1) is 10.8. The Kier molecular flexibility index (Phi) is 2.32. The highest BCUT2D eigenvalue weighted by atomic mass is 79.9. The Morgan fingerprint density at radius 3 is 1.95 bits per heavy atom. The Morgan fingerprint density at radius 1 is 0.727 bits per heavy atom. The summed E-state index contributed by atoms with van der Waals surface area (Å²) in [5.41, 5.74) is 6.04. The summed E-state index contributed by atoms with van der Waals surface area (Å²) in [5, 5.41) is 5.08. The van der Waals surface area contributed by atoms with E-state index in [0.717, 1.165) is 4.47 Å². The van der Waals surface area contributed by atoms with Gasteiger partial charge in [-0.3, -0.25) is 0 Å². The number of hydrogen-bond acceptors (Lipinski definition) is 0. The largest absolute Gasteiger partial charge is 0.354 e. The van der Waals surface area contributed by atoms with E-state index in [2.05, 4.69) is 81.4 Å². The van der Waals surface area contributed by atoms with Crippen LogP contribution < -0.4 is 0 Å². The number of nitrogens with one attached hydrogen (secondary N) is 2. The lowest BCUT2D eigenvalue weighted by atomic mass is 10.0. The zero-order valence-corrected chi connectivity index (χ0v) is 13.6. The second-order valence-electron chi connectivity index (χ2n) is 5.78. The van der Waals surface area contributed by atoms with Gasteiger partial charge in [0.05, 0.1) is 15.5 Å². The lowest BCUT2D eigenvalue weighted by Crippen LogP contribution is -1.82. The number of benzene rings is 3. The standard InChI is InChI=1S/C19H13BrN2/c1-10-15-11-6-2-4-8-13(11)22-19(15)17(20)16-12-7-3-5-9-14(12)21-18(10)16/h2-9,21-22H,1H3. The molecule has 0 radical (unpaired) electrons. The predicted octanol–water partition coefficient (Wildman–Crippen LogP) is 6.03. The summed E-state index contributed by atoms with van der Waals surface area (Å²) < 4.78 is 1.14. The van der Waals surface area contributed by atoms with Gasteiger partial charge in [0, 0.05) is 32.6 Å². The third-order valence-electron chi connectivity index (χ3n) is 4.60. The summed E-state index contributed by atoms with van der Waals surface area (Å²) in [6.45, 7) is 2.20. The minimum Gasteiger partial charge on any atom is -0.354 e. The van der Waals surface area contributed by atoms with Crippen molar-refractivity contribution < 1.29 is 0 Å². The van der Waals surface area contributed by atoms with Crippen LogP contribution in [0.2, 0.25) is 0 Å². The summed E-state index contributed by atoms with van der Waals surface area (Å²) in [7, 11) is 0. The molecule has 22 heavy (non-hydrogen) atoms. The van der Waals surface area contributed by atoms with Gasteiger partial charge in [0.1, 0.15) is 0 Å². The molecule has 0 aliphatic rings. The van der Waals surface area contributed by atoms with Gasteiger partial charge < -0.3 is 9.97 Å². The minimum absolute atomic E-state index is 1.14. The summed E-state index contributed by atoms with van der Waals surface area (Å²) in [4.78, 5) is 7.16. The number of H-pyrrole nitrogens is 2. The van der Waals surface area contributed by atoms with Crippen molar-refractivity contribution in [1.29, 1.82) is 0 Å². The van der Waals surface area contributed by atoms with Gasteiger partial charge in [-0.15, -0.1) is 0 Å². The maximum absolute atomic E-state index is 3.84. The molecule has 0 fully saturated rings.